The molecule has 0 aliphatic carbocycles. The van der Waals surface area contributed by atoms with Crippen molar-refractivity contribution in [2.75, 3.05) is 13.1 Å². The van der Waals surface area contributed by atoms with Gasteiger partial charge >= 0.3 is 5.97 Å². The van der Waals surface area contributed by atoms with Crippen LogP contribution in [0.25, 0.3) is 0 Å². The van der Waals surface area contributed by atoms with Gasteiger partial charge in [-0.25, -0.2) is 0 Å². The predicted octanol–water partition coefficient (Wildman–Crippen LogP) is 0.522. The second-order valence-corrected chi connectivity index (χ2v) is 4.61. The summed E-state index contributed by atoms with van der Waals surface area (Å²) in [5.74, 6) is -1.45. The highest BCUT2D eigenvalue weighted by molar-refractivity contribution is 5.96. The molecule has 0 spiro atoms. The van der Waals surface area contributed by atoms with Crippen molar-refractivity contribution in [3.63, 3.8) is 0 Å². The first kappa shape index (κ1) is 14.6. The lowest BCUT2D eigenvalue weighted by atomic mass is 10.1. The van der Waals surface area contributed by atoms with E-state index < -0.39 is 11.9 Å². The van der Waals surface area contributed by atoms with Crippen molar-refractivity contribution in [2.45, 2.75) is 32.7 Å². The van der Waals surface area contributed by atoms with E-state index >= 15 is 0 Å². The van der Waals surface area contributed by atoms with E-state index in [1.807, 2.05) is 20.8 Å². The van der Waals surface area contributed by atoms with Crippen LogP contribution in [-0.2, 0) is 9.59 Å². The molecule has 1 amide bonds. The van der Waals surface area contributed by atoms with Crippen LogP contribution in [0.2, 0.25) is 0 Å². The lowest BCUT2D eigenvalue weighted by Gasteiger charge is -2.20. The minimum absolute atomic E-state index is 0.00278. The monoisotopic (exact) mass is 228 g/mol. The van der Waals surface area contributed by atoms with Crippen LogP contribution >= 0.6 is 0 Å². The molecule has 0 aromatic carbocycles. The first-order valence-corrected chi connectivity index (χ1v) is 5.15. The third-order valence-corrected chi connectivity index (χ3v) is 1.75. The van der Waals surface area contributed by atoms with Crippen molar-refractivity contribution in [3.8, 4) is 0 Å². The molecular formula is C11H20N2O3. The van der Waals surface area contributed by atoms with Crippen LogP contribution in [0.3, 0.4) is 0 Å². The maximum Gasteiger partial charge on any atom is 0.308 e. The molecule has 0 unspecified atom stereocenters. The average molecular weight is 228 g/mol. The molecule has 0 saturated carbocycles. The number of carbonyl (C=O) groups is 2. The fourth-order valence-electron chi connectivity index (χ4n) is 1.00. The Morgan fingerprint density at radius 1 is 1.25 bits per heavy atom. The Balaban J connectivity index is 3.74. The van der Waals surface area contributed by atoms with E-state index in [1.165, 1.54) is 0 Å². The van der Waals surface area contributed by atoms with E-state index in [2.05, 4.69) is 17.2 Å². The fraction of sp³-hybridized carbons (Fsp3) is 0.636. The van der Waals surface area contributed by atoms with Crippen LogP contribution in [0.5, 0.6) is 0 Å². The highest BCUT2D eigenvalue weighted by atomic mass is 16.4. The molecule has 0 aliphatic heterocycles. The molecule has 0 saturated heterocycles. The molecule has 0 radical (unpaired) electrons. The van der Waals surface area contributed by atoms with Gasteiger partial charge in [0.05, 0.1) is 6.42 Å². The van der Waals surface area contributed by atoms with Gasteiger partial charge in [0, 0.05) is 24.2 Å². The van der Waals surface area contributed by atoms with Crippen LogP contribution in [0.4, 0.5) is 0 Å². The van der Waals surface area contributed by atoms with Gasteiger partial charge in [-0.15, -0.1) is 0 Å². The summed E-state index contributed by atoms with van der Waals surface area (Å²) in [6.45, 7) is 10.6. The molecule has 92 valence electrons. The van der Waals surface area contributed by atoms with Gasteiger partial charge in [0.15, 0.2) is 0 Å². The number of carbonyl (C=O) groups excluding carboxylic acids is 1. The number of aliphatic carboxylic acids is 1. The van der Waals surface area contributed by atoms with E-state index in [-0.39, 0.29) is 17.5 Å². The molecule has 0 aromatic heterocycles. The molecule has 5 nitrogen and oxygen atoms in total. The topological polar surface area (TPSA) is 78.4 Å². The third-order valence-electron chi connectivity index (χ3n) is 1.75. The van der Waals surface area contributed by atoms with Gasteiger partial charge in [-0.1, -0.05) is 6.58 Å². The van der Waals surface area contributed by atoms with Gasteiger partial charge in [0.1, 0.15) is 0 Å². The van der Waals surface area contributed by atoms with Crippen molar-refractivity contribution in [2.24, 2.45) is 0 Å². The van der Waals surface area contributed by atoms with Crippen molar-refractivity contribution < 1.29 is 14.7 Å². The number of amides is 1. The summed E-state index contributed by atoms with van der Waals surface area (Å²) in [5, 5.41) is 14.3. The van der Waals surface area contributed by atoms with Gasteiger partial charge in [-0.3, -0.25) is 9.59 Å². The van der Waals surface area contributed by atoms with Crippen LogP contribution in [0, 0.1) is 0 Å². The number of rotatable bonds is 6. The second-order valence-electron chi connectivity index (χ2n) is 4.61. The summed E-state index contributed by atoms with van der Waals surface area (Å²) < 4.78 is 0. The summed E-state index contributed by atoms with van der Waals surface area (Å²) in [7, 11) is 0. The molecular weight excluding hydrogens is 208 g/mol. The summed E-state index contributed by atoms with van der Waals surface area (Å²) in [4.78, 5) is 21.6. The number of nitrogens with one attached hydrogen (secondary N) is 2. The minimum Gasteiger partial charge on any atom is -0.481 e. The normalized spacial score (nSPS) is 10.9. The Hall–Kier alpha value is -1.36. The minimum atomic E-state index is -1.05. The summed E-state index contributed by atoms with van der Waals surface area (Å²) in [6, 6.07) is 0. The van der Waals surface area contributed by atoms with Gasteiger partial charge in [-0.2, -0.15) is 0 Å². The Labute approximate surface area is 95.9 Å². The fourth-order valence-corrected chi connectivity index (χ4v) is 1.00. The number of hydrogen-bond donors (Lipinski definition) is 3. The molecule has 0 aliphatic rings. The largest absolute Gasteiger partial charge is 0.481 e. The third kappa shape index (κ3) is 7.99. The lowest BCUT2D eigenvalue weighted by molar-refractivity contribution is -0.137. The Kier molecular flexibility index (Phi) is 5.74. The lowest BCUT2D eigenvalue weighted by Crippen LogP contribution is -2.41. The smallest absolute Gasteiger partial charge is 0.308 e. The Bertz CT molecular complexity index is 279. The number of carboxylic acids is 1. The maximum absolute atomic E-state index is 11.3. The van der Waals surface area contributed by atoms with Crippen molar-refractivity contribution in [1.82, 2.24) is 10.6 Å². The summed E-state index contributed by atoms with van der Waals surface area (Å²) in [5.41, 5.74) is 0.0752. The Morgan fingerprint density at radius 2 is 1.81 bits per heavy atom. The van der Waals surface area contributed by atoms with E-state index in [1.54, 1.807) is 0 Å². The standard InChI is InChI=1S/C11H20N2O3/c1-8(7-9(14)15)10(16)12-5-6-13-11(2,3)4/h13H,1,5-7H2,2-4H3,(H,12,16)(H,14,15). The zero-order chi connectivity index (χ0) is 12.8. The molecule has 16 heavy (non-hydrogen) atoms. The molecule has 0 bridgehead atoms. The van der Waals surface area contributed by atoms with E-state index in [9.17, 15) is 9.59 Å². The van der Waals surface area contributed by atoms with Gasteiger partial charge in [-0.05, 0) is 20.8 Å². The van der Waals surface area contributed by atoms with E-state index in [0.717, 1.165) is 0 Å². The maximum atomic E-state index is 11.3. The summed E-state index contributed by atoms with van der Waals surface area (Å²) >= 11 is 0. The molecule has 0 aromatic rings. The van der Waals surface area contributed by atoms with E-state index in [4.69, 9.17) is 5.11 Å². The van der Waals surface area contributed by atoms with Crippen LogP contribution < -0.4 is 10.6 Å². The highest BCUT2D eigenvalue weighted by Crippen LogP contribution is 1.98. The van der Waals surface area contributed by atoms with Gasteiger partial charge < -0.3 is 15.7 Å². The van der Waals surface area contributed by atoms with Crippen LogP contribution in [0.15, 0.2) is 12.2 Å². The van der Waals surface area contributed by atoms with Crippen LogP contribution in [0.1, 0.15) is 27.2 Å². The Morgan fingerprint density at radius 3 is 2.25 bits per heavy atom. The molecule has 0 heterocycles. The highest BCUT2D eigenvalue weighted by Gasteiger charge is 2.11. The average Bonchev–Trinajstić information content (AvgIpc) is 2.09. The van der Waals surface area contributed by atoms with Crippen molar-refractivity contribution in [3.05, 3.63) is 12.2 Å². The van der Waals surface area contributed by atoms with Crippen molar-refractivity contribution >= 4 is 11.9 Å². The molecule has 5 heteroatoms. The molecule has 0 fully saturated rings. The summed E-state index contributed by atoms with van der Waals surface area (Å²) in [6.07, 6.45) is -0.321. The first-order valence-electron chi connectivity index (χ1n) is 5.15. The SMILES string of the molecule is C=C(CC(=O)O)C(=O)NCCNC(C)(C)C. The van der Waals surface area contributed by atoms with E-state index in [0.29, 0.717) is 13.1 Å². The zero-order valence-electron chi connectivity index (χ0n) is 10.1. The van der Waals surface area contributed by atoms with Crippen molar-refractivity contribution in [1.29, 1.82) is 0 Å². The first-order chi connectivity index (χ1) is 7.22. The quantitative estimate of drug-likeness (QED) is 0.457. The second kappa shape index (κ2) is 6.27. The van der Waals surface area contributed by atoms with Gasteiger partial charge in [0.2, 0.25) is 5.91 Å². The van der Waals surface area contributed by atoms with Crippen LogP contribution in [-0.4, -0.2) is 35.6 Å². The zero-order valence-corrected chi connectivity index (χ0v) is 10.1. The number of hydrogen-bond acceptors (Lipinski definition) is 3. The molecule has 0 rings (SSSR count). The number of carboxylic acid groups (broad SMARTS) is 1. The predicted molar refractivity (Wildman–Crippen MR) is 62.2 cm³/mol. The molecule has 3 N–H and O–H groups in total. The molecule has 0 atom stereocenters. The van der Waals surface area contributed by atoms with Gasteiger partial charge in [0.25, 0.3) is 0 Å².